The average molecular weight is 763 g/mol. The van der Waals surface area contributed by atoms with Crippen molar-refractivity contribution in [1.82, 2.24) is 45.5 Å². The van der Waals surface area contributed by atoms with E-state index in [1.807, 2.05) is 13.8 Å². The summed E-state index contributed by atoms with van der Waals surface area (Å²) in [5.74, 6) is -2.96. The number of alkyl halides is 1. The number of cyclic esters (lactones) is 1. The fourth-order valence-electron chi connectivity index (χ4n) is 6.40. The number of fused-ring (bicyclic) bond motifs is 3. The van der Waals surface area contributed by atoms with Gasteiger partial charge >= 0.3 is 5.97 Å². The van der Waals surface area contributed by atoms with Crippen molar-refractivity contribution in [3.63, 3.8) is 0 Å². The van der Waals surface area contributed by atoms with Gasteiger partial charge in [-0.05, 0) is 37.8 Å². The molecule has 5 unspecified atom stereocenters. The van der Waals surface area contributed by atoms with Crippen molar-refractivity contribution in [3.05, 3.63) is 72.3 Å². The molecule has 3 amide bonds. The smallest absolute Gasteiger partial charge is 0.329 e. The molecule has 2 bridgehead atoms. The van der Waals surface area contributed by atoms with Crippen LogP contribution in [0.15, 0.2) is 65.1 Å². The first-order chi connectivity index (χ1) is 26.4. The molecular weight excluding hydrogens is 715 g/mol. The molecule has 18 heteroatoms. The highest BCUT2D eigenvalue weighted by Gasteiger charge is 2.39. The van der Waals surface area contributed by atoms with Crippen molar-refractivity contribution in [3.8, 4) is 11.4 Å². The third-order valence-electron chi connectivity index (χ3n) is 9.07. The number of carbonyl (C=O) groups excluding carboxylic acids is 4. The molecule has 5 N–H and O–H groups in total. The minimum absolute atomic E-state index is 0.0113. The molecular formula is C37H47FN10O7. The predicted molar refractivity (Wildman–Crippen MR) is 196 cm³/mol. The summed E-state index contributed by atoms with van der Waals surface area (Å²) in [5, 5.41) is 24.2. The van der Waals surface area contributed by atoms with Gasteiger partial charge in [0.15, 0.2) is 11.6 Å². The number of nitrogens with two attached hydrogens (primary N) is 1. The molecule has 0 saturated carbocycles. The summed E-state index contributed by atoms with van der Waals surface area (Å²) >= 11 is 0. The van der Waals surface area contributed by atoms with Gasteiger partial charge in [0.1, 0.15) is 30.3 Å². The van der Waals surface area contributed by atoms with E-state index in [9.17, 15) is 28.7 Å². The van der Waals surface area contributed by atoms with Gasteiger partial charge in [-0.15, -0.1) is 5.10 Å². The summed E-state index contributed by atoms with van der Waals surface area (Å²) in [6.07, 6.45) is 8.81. The summed E-state index contributed by atoms with van der Waals surface area (Å²) in [5.41, 5.74) is 7.23. The van der Waals surface area contributed by atoms with Gasteiger partial charge in [-0.25, -0.2) is 24.1 Å². The average Bonchev–Trinajstić information content (AvgIpc) is 3.92. The maximum atomic E-state index is 14.8. The summed E-state index contributed by atoms with van der Waals surface area (Å²) in [6, 6.07) is 0.716. The lowest BCUT2D eigenvalue weighted by Crippen LogP contribution is -2.44. The number of aliphatic hydroxyl groups excluding tert-OH is 1. The largest absolute Gasteiger partial charge is 0.460 e. The van der Waals surface area contributed by atoms with E-state index in [-0.39, 0.29) is 68.3 Å². The number of ether oxygens (including phenoxy) is 1. The number of hydrogen-bond donors (Lipinski definition) is 4. The van der Waals surface area contributed by atoms with Crippen LogP contribution in [0.4, 0.5) is 10.3 Å². The third kappa shape index (κ3) is 11.6. The molecule has 2 aliphatic rings. The second kappa shape index (κ2) is 19.0. The molecule has 5 rings (SSSR count). The van der Waals surface area contributed by atoms with Gasteiger partial charge in [-0.1, -0.05) is 48.9 Å². The number of allylic oxidation sites excluding steroid dienone is 2. The highest BCUT2D eigenvalue weighted by molar-refractivity contribution is 5.95. The number of nitrogens with zero attached hydrogens (tertiary/aromatic N) is 7. The molecule has 0 radical (unpaired) electrons. The van der Waals surface area contributed by atoms with E-state index < -0.39 is 48.1 Å². The highest BCUT2D eigenvalue weighted by Crippen LogP contribution is 2.27. The molecule has 3 aromatic heterocycles. The Labute approximate surface area is 317 Å². The molecule has 17 nitrogen and oxygen atoms in total. The van der Waals surface area contributed by atoms with Crippen molar-refractivity contribution < 1.29 is 37.8 Å². The van der Waals surface area contributed by atoms with Crippen LogP contribution in [0, 0.1) is 11.8 Å². The summed E-state index contributed by atoms with van der Waals surface area (Å²) in [4.78, 5) is 67.0. The number of anilines is 1. The summed E-state index contributed by atoms with van der Waals surface area (Å²) < 4.78 is 27.9. The quantitative estimate of drug-likeness (QED) is 0.253. The van der Waals surface area contributed by atoms with Crippen LogP contribution in [0.5, 0.6) is 0 Å². The topological polar surface area (TPSA) is 234 Å². The Kier molecular flexibility index (Phi) is 14.0. The molecule has 1 fully saturated rings. The number of oxazole rings is 1. The Bertz CT molecular complexity index is 1910. The lowest BCUT2D eigenvalue weighted by Gasteiger charge is -2.30. The van der Waals surface area contributed by atoms with Gasteiger partial charge in [0, 0.05) is 44.6 Å². The van der Waals surface area contributed by atoms with Gasteiger partial charge in [0.2, 0.25) is 17.8 Å². The van der Waals surface area contributed by atoms with Gasteiger partial charge in [-0.3, -0.25) is 19.1 Å². The van der Waals surface area contributed by atoms with Crippen molar-refractivity contribution in [2.24, 2.45) is 11.8 Å². The van der Waals surface area contributed by atoms with E-state index in [4.69, 9.17) is 14.9 Å². The number of esters is 1. The lowest BCUT2D eigenvalue weighted by molar-refractivity contribution is -0.159. The number of carbonyl (C=O) groups is 4. The number of rotatable bonds is 7. The Hall–Kier alpha value is -5.78. The van der Waals surface area contributed by atoms with Crippen molar-refractivity contribution in [2.45, 2.75) is 83.8 Å². The van der Waals surface area contributed by atoms with Gasteiger partial charge in [0.25, 0.3) is 5.91 Å². The Balaban J connectivity index is 1.32. The van der Waals surface area contributed by atoms with Gasteiger partial charge in [-0.2, -0.15) is 0 Å². The molecule has 0 spiro atoms. The zero-order chi connectivity index (χ0) is 39.5. The van der Waals surface area contributed by atoms with Crippen LogP contribution in [0.25, 0.3) is 11.4 Å². The Morgan fingerprint density at radius 3 is 2.78 bits per heavy atom. The molecule has 2 aliphatic heterocycles. The lowest BCUT2D eigenvalue weighted by atomic mass is 9.89. The predicted octanol–water partition coefficient (Wildman–Crippen LogP) is 2.12. The van der Waals surface area contributed by atoms with E-state index >= 15 is 0 Å². The molecule has 3 aromatic rings. The summed E-state index contributed by atoms with van der Waals surface area (Å²) in [7, 11) is 0. The van der Waals surface area contributed by atoms with E-state index in [0.717, 1.165) is 6.26 Å². The second-order valence-corrected chi connectivity index (χ2v) is 13.8. The summed E-state index contributed by atoms with van der Waals surface area (Å²) in [6.45, 7) is 6.30. The highest BCUT2D eigenvalue weighted by atomic mass is 19.1. The molecule has 5 heterocycles. The Morgan fingerprint density at radius 1 is 1.18 bits per heavy atom. The first-order valence-corrected chi connectivity index (χ1v) is 18.2. The first kappa shape index (κ1) is 40.4. The number of amides is 3. The molecule has 0 aromatic carbocycles. The Morgan fingerprint density at radius 2 is 2.00 bits per heavy atom. The zero-order valence-electron chi connectivity index (χ0n) is 31.0. The second-order valence-electron chi connectivity index (χ2n) is 13.8. The van der Waals surface area contributed by atoms with Crippen molar-refractivity contribution in [2.75, 3.05) is 25.4 Å². The molecule has 0 aliphatic carbocycles. The monoisotopic (exact) mass is 762 g/mol. The first-order valence-electron chi connectivity index (χ1n) is 18.2. The van der Waals surface area contributed by atoms with E-state index in [0.29, 0.717) is 36.3 Å². The van der Waals surface area contributed by atoms with Gasteiger partial charge in [0.05, 0.1) is 31.0 Å². The van der Waals surface area contributed by atoms with E-state index in [1.54, 1.807) is 42.1 Å². The number of nitrogen functional groups attached to an aromatic ring is 1. The van der Waals surface area contributed by atoms with Crippen molar-refractivity contribution >= 4 is 29.6 Å². The number of hydrogen-bond acceptors (Lipinski definition) is 13. The normalized spacial score (nSPS) is 23.8. The SMILES string of the molecule is CC1=CC(O)CC(F)Cc2nc(co2)C(=O)N2CCCC2C(=O)OC(C(C)C)C(CC(=O)NCCn2cc(-c3ccnc(N)n3)nn2)/C=C/C(=O)NCC=C1. The van der Waals surface area contributed by atoms with Crippen molar-refractivity contribution in [1.29, 1.82) is 0 Å². The number of halogens is 1. The van der Waals surface area contributed by atoms with Crippen LogP contribution in [0.2, 0.25) is 0 Å². The van der Waals surface area contributed by atoms with Gasteiger partial charge < -0.3 is 35.5 Å². The van der Waals surface area contributed by atoms with Crippen LogP contribution in [0.3, 0.4) is 0 Å². The molecule has 5 atom stereocenters. The minimum Gasteiger partial charge on any atom is -0.460 e. The van der Waals surface area contributed by atoms with E-state index in [1.165, 1.54) is 23.2 Å². The van der Waals surface area contributed by atoms with Crippen LogP contribution in [-0.4, -0.2) is 108 Å². The molecule has 55 heavy (non-hydrogen) atoms. The van der Waals surface area contributed by atoms with E-state index in [2.05, 4.69) is 35.9 Å². The number of aliphatic hydroxyl groups is 1. The van der Waals surface area contributed by atoms with Crippen LogP contribution in [0.1, 0.15) is 62.8 Å². The standard InChI is InChI=1S/C37H47FN10O7/c1-22(2)34-24(17-32(51)41-13-15-47-20-28(45-46-47)27-10-12-42-37(39)44-27)8-9-31(50)40-11-4-6-23(3)16-26(49)18-25(38)19-33-43-29(21-54-33)35(52)48-14-5-7-30(48)36(53)55-34/h4,6,8-10,12,16,20-22,24-26,30,34,49H,5,7,11,13-15,17-19H2,1-3H3,(H,40,50)(H,41,51)(H2,39,42,44)/b6-4?,9-8+,23-16?. The molecule has 294 valence electrons. The van der Waals surface area contributed by atoms with Crippen LogP contribution < -0.4 is 16.4 Å². The molecule has 1 saturated heterocycles. The fraction of sp³-hybridized carbons (Fsp3) is 0.486. The maximum Gasteiger partial charge on any atom is 0.329 e. The number of aromatic nitrogens is 6. The minimum atomic E-state index is -1.51. The third-order valence-corrected chi connectivity index (χ3v) is 9.07. The number of nitrogens with one attached hydrogen (secondary N) is 2. The zero-order valence-corrected chi connectivity index (χ0v) is 31.0. The fourth-order valence-corrected chi connectivity index (χ4v) is 6.40. The van der Waals surface area contributed by atoms with Crippen LogP contribution in [-0.2, 0) is 32.1 Å². The maximum absolute atomic E-state index is 14.8. The van der Waals surface area contributed by atoms with Crippen LogP contribution >= 0.6 is 0 Å².